The van der Waals surface area contributed by atoms with Crippen LogP contribution in [0.1, 0.15) is 55.9 Å². The molecule has 1 aliphatic rings. The van der Waals surface area contributed by atoms with Gasteiger partial charge < -0.3 is 5.11 Å². The second-order valence-electron chi connectivity index (χ2n) is 6.13. The van der Waals surface area contributed by atoms with Gasteiger partial charge in [-0.25, -0.2) is 0 Å². The Kier molecular flexibility index (Phi) is 4.02. The molecule has 1 aromatic carbocycles. The van der Waals surface area contributed by atoms with Crippen LogP contribution >= 0.6 is 0 Å². The number of rotatable bonds is 3. The highest BCUT2D eigenvalue weighted by molar-refractivity contribution is 5.82. The molecule has 0 amide bonds. The molecule has 1 aliphatic carbocycles. The molecule has 2 heteroatoms. The number of nitrogens with zero attached hydrogens (tertiary/aromatic N) is 1. The Morgan fingerprint density at radius 2 is 1.95 bits per heavy atom. The molecule has 1 fully saturated rings. The van der Waals surface area contributed by atoms with Crippen molar-refractivity contribution in [3.8, 4) is 0 Å². The number of fused-ring (bicyclic) bond motifs is 1. The fraction of sp³-hybridized carbons (Fsp3) is 0.500. The maximum atomic E-state index is 10.7. The SMILES string of the molecule is Cc1cc(C(O)CC2CCCCC2)c2ccccc2n1. The Bertz CT molecular complexity index is 587. The van der Waals surface area contributed by atoms with E-state index in [1.807, 2.05) is 25.1 Å². The normalized spacial score (nSPS) is 18.3. The first kappa shape index (κ1) is 13.6. The summed E-state index contributed by atoms with van der Waals surface area (Å²) in [6.07, 6.45) is 7.11. The van der Waals surface area contributed by atoms with Gasteiger partial charge in [-0.3, -0.25) is 4.98 Å². The first-order chi connectivity index (χ1) is 9.74. The van der Waals surface area contributed by atoms with Crippen LogP contribution in [0.4, 0.5) is 0 Å². The molecule has 3 rings (SSSR count). The van der Waals surface area contributed by atoms with E-state index >= 15 is 0 Å². The molecule has 0 bridgehead atoms. The average Bonchev–Trinajstić information content (AvgIpc) is 2.47. The van der Waals surface area contributed by atoms with E-state index < -0.39 is 0 Å². The van der Waals surface area contributed by atoms with Gasteiger partial charge in [-0.2, -0.15) is 0 Å². The van der Waals surface area contributed by atoms with E-state index in [2.05, 4.69) is 17.1 Å². The van der Waals surface area contributed by atoms with Crippen molar-refractivity contribution in [2.75, 3.05) is 0 Å². The van der Waals surface area contributed by atoms with Gasteiger partial charge in [-0.1, -0.05) is 50.3 Å². The summed E-state index contributed by atoms with van der Waals surface area (Å²) in [6, 6.07) is 10.2. The van der Waals surface area contributed by atoms with E-state index in [4.69, 9.17) is 0 Å². The number of aromatic nitrogens is 1. The van der Waals surface area contributed by atoms with E-state index in [1.54, 1.807) is 0 Å². The summed E-state index contributed by atoms with van der Waals surface area (Å²) in [5.74, 6) is 0.686. The number of aliphatic hydroxyl groups is 1. The first-order valence-electron chi connectivity index (χ1n) is 7.78. The van der Waals surface area contributed by atoms with Crippen molar-refractivity contribution < 1.29 is 5.11 Å². The lowest BCUT2D eigenvalue weighted by Gasteiger charge is -2.24. The van der Waals surface area contributed by atoms with E-state index in [0.29, 0.717) is 5.92 Å². The zero-order chi connectivity index (χ0) is 13.9. The summed E-state index contributed by atoms with van der Waals surface area (Å²) in [7, 11) is 0. The Morgan fingerprint density at radius 1 is 1.20 bits per heavy atom. The lowest BCUT2D eigenvalue weighted by Crippen LogP contribution is -2.11. The summed E-state index contributed by atoms with van der Waals surface area (Å²) in [5.41, 5.74) is 3.03. The predicted molar refractivity (Wildman–Crippen MR) is 82.6 cm³/mol. The number of benzene rings is 1. The molecular weight excluding hydrogens is 246 g/mol. The molecule has 1 atom stereocenters. The number of aliphatic hydroxyl groups excluding tert-OH is 1. The zero-order valence-electron chi connectivity index (χ0n) is 12.2. The summed E-state index contributed by atoms with van der Waals surface area (Å²) in [4.78, 5) is 4.55. The Morgan fingerprint density at radius 3 is 2.75 bits per heavy atom. The maximum Gasteiger partial charge on any atom is 0.0799 e. The fourth-order valence-corrected chi connectivity index (χ4v) is 3.48. The molecule has 1 saturated carbocycles. The Balaban J connectivity index is 1.88. The van der Waals surface area contributed by atoms with Crippen molar-refractivity contribution in [1.29, 1.82) is 0 Å². The van der Waals surface area contributed by atoms with Gasteiger partial charge in [-0.15, -0.1) is 0 Å². The maximum absolute atomic E-state index is 10.7. The lowest BCUT2D eigenvalue weighted by molar-refractivity contribution is 0.132. The standard InChI is InChI=1S/C18H23NO/c1-13-11-16(15-9-5-6-10-17(15)19-13)18(20)12-14-7-3-2-4-8-14/h5-6,9-11,14,18,20H,2-4,7-8,12H2,1H3. The van der Waals surface area contributed by atoms with Gasteiger partial charge in [0.25, 0.3) is 0 Å². The van der Waals surface area contributed by atoms with Crippen molar-refractivity contribution in [2.24, 2.45) is 5.92 Å². The highest BCUT2D eigenvalue weighted by Crippen LogP contribution is 2.34. The van der Waals surface area contributed by atoms with Crippen molar-refractivity contribution in [3.05, 3.63) is 41.6 Å². The topological polar surface area (TPSA) is 33.1 Å². The molecule has 1 aromatic heterocycles. The third-order valence-electron chi connectivity index (χ3n) is 4.52. The van der Waals surface area contributed by atoms with Crippen molar-refractivity contribution in [2.45, 2.75) is 51.6 Å². The number of pyridine rings is 1. The van der Waals surface area contributed by atoms with Crippen LogP contribution in [0.15, 0.2) is 30.3 Å². The van der Waals surface area contributed by atoms with Crippen molar-refractivity contribution >= 4 is 10.9 Å². The van der Waals surface area contributed by atoms with Gasteiger partial charge in [0, 0.05) is 11.1 Å². The smallest absolute Gasteiger partial charge is 0.0799 e. The molecule has 0 aliphatic heterocycles. The Hall–Kier alpha value is -1.41. The second-order valence-corrected chi connectivity index (χ2v) is 6.13. The molecule has 1 heterocycles. The monoisotopic (exact) mass is 269 g/mol. The zero-order valence-corrected chi connectivity index (χ0v) is 12.2. The molecule has 0 radical (unpaired) electrons. The van der Waals surface area contributed by atoms with Gasteiger partial charge in [0.05, 0.1) is 11.6 Å². The van der Waals surface area contributed by atoms with Crippen molar-refractivity contribution in [1.82, 2.24) is 4.98 Å². The summed E-state index contributed by atoms with van der Waals surface area (Å²) < 4.78 is 0. The molecule has 0 spiro atoms. The molecule has 2 nitrogen and oxygen atoms in total. The van der Waals surface area contributed by atoms with Crippen molar-refractivity contribution in [3.63, 3.8) is 0 Å². The van der Waals surface area contributed by atoms with Crippen LogP contribution in [0.25, 0.3) is 10.9 Å². The third-order valence-corrected chi connectivity index (χ3v) is 4.52. The second kappa shape index (κ2) is 5.92. The molecule has 1 N–H and O–H groups in total. The largest absolute Gasteiger partial charge is 0.388 e. The van der Waals surface area contributed by atoms with Gasteiger partial charge in [0.2, 0.25) is 0 Å². The van der Waals surface area contributed by atoms with Crippen LogP contribution in [-0.2, 0) is 0 Å². The minimum Gasteiger partial charge on any atom is -0.388 e. The number of hydrogen-bond acceptors (Lipinski definition) is 2. The molecular formula is C18H23NO. The summed E-state index contributed by atoms with van der Waals surface area (Å²) in [6.45, 7) is 2.00. The highest BCUT2D eigenvalue weighted by atomic mass is 16.3. The molecule has 20 heavy (non-hydrogen) atoms. The minimum absolute atomic E-state index is 0.357. The quantitative estimate of drug-likeness (QED) is 0.887. The summed E-state index contributed by atoms with van der Waals surface area (Å²) in [5, 5.41) is 11.8. The third kappa shape index (κ3) is 2.85. The predicted octanol–water partition coefficient (Wildman–Crippen LogP) is 4.55. The molecule has 0 saturated heterocycles. The van der Waals surface area contributed by atoms with Crippen LogP contribution in [-0.4, -0.2) is 10.1 Å². The molecule has 106 valence electrons. The van der Waals surface area contributed by atoms with Gasteiger partial charge in [-0.05, 0) is 37.0 Å². The Labute approximate surface area is 120 Å². The summed E-state index contributed by atoms with van der Waals surface area (Å²) >= 11 is 0. The van der Waals surface area contributed by atoms with Gasteiger partial charge >= 0.3 is 0 Å². The molecule has 1 unspecified atom stereocenters. The number of para-hydroxylation sites is 1. The number of hydrogen-bond donors (Lipinski definition) is 1. The minimum atomic E-state index is -0.357. The number of aryl methyl sites for hydroxylation is 1. The average molecular weight is 269 g/mol. The van der Waals surface area contributed by atoms with Crippen LogP contribution < -0.4 is 0 Å². The van der Waals surface area contributed by atoms with E-state index in [1.165, 1.54) is 32.1 Å². The van der Waals surface area contributed by atoms with Gasteiger partial charge in [0.1, 0.15) is 0 Å². The van der Waals surface area contributed by atoms with E-state index in [-0.39, 0.29) is 6.10 Å². The van der Waals surface area contributed by atoms with Gasteiger partial charge in [0.15, 0.2) is 0 Å². The van der Waals surface area contributed by atoms with E-state index in [9.17, 15) is 5.11 Å². The highest BCUT2D eigenvalue weighted by Gasteiger charge is 2.20. The van der Waals surface area contributed by atoms with E-state index in [0.717, 1.165) is 28.6 Å². The van der Waals surface area contributed by atoms with Crippen LogP contribution in [0.5, 0.6) is 0 Å². The lowest BCUT2D eigenvalue weighted by atomic mass is 9.84. The first-order valence-corrected chi connectivity index (χ1v) is 7.78. The fourth-order valence-electron chi connectivity index (χ4n) is 3.48. The van der Waals surface area contributed by atoms with Crippen LogP contribution in [0, 0.1) is 12.8 Å². The molecule has 2 aromatic rings. The van der Waals surface area contributed by atoms with Crippen LogP contribution in [0.3, 0.4) is 0 Å². The van der Waals surface area contributed by atoms with Crippen LogP contribution in [0.2, 0.25) is 0 Å².